The van der Waals surface area contributed by atoms with Gasteiger partial charge in [-0.3, -0.25) is 0 Å². The van der Waals surface area contributed by atoms with Gasteiger partial charge in [0.1, 0.15) is 11.9 Å². The molecular weight excluding hydrogens is 306 g/mol. The molecule has 2 unspecified atom stereocenters. The van der Waals surface area contributed by atoms with Gasteiger partial charge in [0, 0.05) is 25.2 Å². The number of nitrogens with zero attached hydrogens (tertiary/aromatic N) is 2. The van der Waals surface area contributed by atoms with Gasteiger partial charge < -0.3 is 15.3 Å². The molecule has 23 heavy (non-hydrogen) atoms. The number of nitrogens with one attached hydrogen (secondary N) is 1. The minimum atomic E-state index is -0.554. The minimum Gasteiger partial charge on any atom is -0.385 e. The van der Waals surface area contributed by atoms with Crippen molar-refractivity contribution in [3.63, 3.8) is 0 Å². The normalized spacial score (nSPS) is 25.1. The molecule has 1 aromatic heterocycles. The van der Waals surface area contributed by atoms with E-state index in [2.05, 4.69) is 37.1 Å². The van der Waals surface area contributed by atoms with Gasteiger partial charge in [0.05, 0.1) is 5.69 Å². The van der Waals surface area contributed by atoms with Gasteiger partial charge in [-0.1, -0.05) is 12.5 Å². The van der Waals surface area contributed by atoms with Crippen LogP contribution in [0.1, 0.15) is 51.8 Å². The fourth-order valence-electron chi connectivity index (χ4n) is 3.73. The molecule has 2 aliphatic rings. The number of hydrogen-bond acceptors (Lipinski definition) is 4. The number of anilines is 1. The zero-order chi connectivity index (χ0) is 15.7. The van der Waals surface area contributed by atoms with Crippen LogP contribution in [0.4, 0.5) is 5.82 Å². The molecule has 1 aliphatic carbocycles. The summed E-state index contributed by atoms with van der Waals surface area (Å²) in [6.45, 7) is 9.12. The molecule has 130 valence electrons. The van der Waals surface area contributed by atoms with Crippen LogP contribution in [0.2, 0.25) is 0 Å². The predicted octanol–water partition coefficient (Wildman–Crippen LogP) is 2.85. The van der Waals surface area contributed by atoms with Crippen molar-refractivity contribution in [2.24, 2.45) is 11.8 Å². The average Bonchev–Trinajstić information content (AvgIpc) is 3.05. The summed E-state index contributed by atoms with van der Waals surface area (Å²) in [6.07, 6.45) is 3.59. The Hall–Kier alpha value is -0.780. The molecule has 0 aromatic carbocycles. The van der Waals surface area contributed by atoms with E-state index in [-0.39, 0.29) is 19.0 Å². The average molecular weight is 338 g/mol. The third-order valence-corrected chi connectivity index (χ3v) is 4.97. The maximum Gasteiger partial charge on any atom is 0.128 e. The van der Waals surface area contributed by atoms with Crippen LogP contribution >= 0.6 is 13.5 Å². The first-order valence-electron chi connectivity index (χ1n) is 8.57. The first-order valence-corrected chi connectivity index (χ1v) is 8.57. The summed E-state index contributed by atoms with van der Waals surface area (Å²) in [7, 11) is 0. The molecule has 0 bridgehead atoms. The molecule has 2 N–H and O–H groups in total. The number of hydrogen-bond donors (Lipinski definition) is 2. The standard InChI is InChI=1S/C18H29N3O.H2S/c1-18(2,3)19-10-16(22)15-8-5-9-17(20-15)21-11-13-6-4-7-14(13)12-21;/h5,8-9,13-14,16,19,22H,4,6-7,10-12H2,1-3H3;1H2/t13?,14?,16-;/m0./s1. The summed E-state index contributed by atoms with van der Waals surface area (Å²) >= 11 is 0. The molecule has 1 aliphatic heterocycles. The monoisotopic (exact) mass is 337 g/mol. The number of fused-ring (bicyclic) bond motifs is 1. The molecule has 1 saturated heterocycles. The van der Waals surface area contributed by atoms with Crippen LogP contribution in [-0.2, 0) is 0 Å². The van der Waals surface area contributed by atoms with Crippen molar-refractivity contribution in [3.05, 3.63) is 23.9 Å². The Morgan fingerprint density at radius 1 is 1.26 bits per heavy atom. The van der Waals surface area contributed by atoms with Crippen molar-refractivity contribution in [3.8, 4) is 0 Å². The first-order chi connectivity index (χ1) is 10.4. The highest BCUT2D eigenvalue weighted by molar-refractivity contribution is 7.59. The molecule has 2 heterocycles. The lowest BCUT2D eigenvalue weighted by Gasteiger charge is -2.24. The van der Waals surface area contributed by atoms with E-state index in [0.717, 1.165) is 36.4 Å². The van der Waals surface area contributed by atoms with E-state index in [1.54, 1.807) is 0 Å². The Labute approximate surface area is 147 Å². The highest BCUT2D eigenvalue weighted by atomic mass is 32.1. The quantitative estimate of drug-likeness (QED) is 0.887. The number of aromatic nitrogens is 1. The van der Waals surface area contributed by atoms with Gasteiger partial charge in [-0.25, -0.2) is 4.98 Å². The van der Waals surface area contributed by atoms with E-state index in [0.29, 0.717) is 6.54 Å². The molecule has 1 aromatic rings. The maximum absolute atomic E-state index is 10.4. The summed E-state index contributed by atoms with van der Waals surface area (Å²) in [5.41, 5.74) is 0.775. The SMILES string of the molecule is CC(C)(C)NC[C@H](O)c1cccc(N2CC3CCCC3C2)n1.S. The summed E-state index contributed by atoms with van der Waals surface area (Å²) in [6, 6.07) is 6.02. The van der Waals surface area contributed by atoms with Crippen molar-refractivity contribution >= 4 is 19.3 Å². The van der Waals surface area contributed by atoms with Crippen molar-refractivity contribution in [1.29, 1.82) is 0 Å². The fourth-order valence-corrected chi connectivity index (χ4v) is 3.73. The number of pyridine rings is 1. The van der Waals surface area contributed by atoms with Crippen LogP contribution in [0.5, 0.6) is 0 Å². The number of aliphatic hydroxyl groups excluding tert-OH is 1. The molecule has 3 rings (SSSR count). The van der Waals surface area contributed by atoms with Gasteiger partial charge in [0.15, 0.2) is 0 Å². The lowest BCUT2D eigenvalue weighted by molar-refractivity contribution is 0.159. The van der Waals surface area contributed by atoms with Crippen LogP contribution in [0.15, 0.2) is 18.2 Å². The number of β-amino-alcohol motifs (C(OH)–C–C–N with tert-alkyl or cyclic N) is 1. The van der Waals surface area contributed by atoms with Crippen LogP contribution in [0, 0.1) is 11.8 Å². The summed E-state index contributed by atoms with van der Waals surface area (Å²) in [5.74, 6) is 2.75. The summed E-state index contributed by atoms with van der Waals surface area (Å²) in [4.78, 5) is 7.12. The van der Waals surface area contributed by atoms with Crippen LogP contribution in [0.25, 0.3) is 0 Å². The molecule has 1 saturated carbocycles. The Morgan fingerprint density at radius 3 is 2.52 bits per heavy atom. The van der Waals surface area contributed by atoms with Gasteiger partial charge in [0.25, 0.3) is 0 Å². The van der Waals surface area contributed by atoms with Crippen molar-refractivity contribution in [2.45, 2.75) is 51.7 Å². The third-order valence-electron chi connectivity index (χ3n) is 4.97. The maximum atomic E-state index is 10.4. The molecule has 0 spiro atoms. The van der Waals surface area contributed by atoms with E-state index < -0.39 is 6.10 Å². The molecule has 0 radical (unpaired) electrons. The molecule has 2 fully saturated rings. The summed E-state index contributed by atoms with van der Waals surface area (Å²) < 4.78 is 0. The lowest BCUT2D eigenvalue weighted by Crippen LogP contribution is -2.38. The van der Waals surface area contributed by atoms with Gasteiger partial charge in [-0.2, -0.15) is 13.5 Å². The van der Waals surface area contributed by atoms with E-state index in [9.17, 15) is 5.11 Å². The predicted molar refractivity (Wildman–Crippen MR) is 100 cm³/mol. The van der Waals surface area contributed by atoms with Gasteiger partial charge >= 0.3 is 0 Å². The lowest BCUT2D eigenvalue weighted by atomic mass is 10.0. The second kappa shape index (κ2) is 7.41. The van der Waals surface area contributed by atoms with Crippen LogP contribution < -0.4 is 10.2 Å². The first kappa shape index (κ1) is 18.6. The van der Waals surface area contributed by atoms with E-state index in [1.165, 1.54) is 19.3 Å². The third kappa shape index (κ3) is 4.61. The van der Waals surface area contributed by atoms with Crippen molar-refractivity contribution < 1.29 is 5.11 Å². The summed E-state index contributed by atoms with van der Waals surface area (Å²) in [5, 5.41) is 13.7. The Bertz CT molecular complexity index is 505. The smallest absolute Gasteiger partial charge is 0.128 e. The van der Waals surface area contributed by atoms with Crippen molar-refractivity contribution in [1.82, 2.24) is 10.3 Å². The highest BCUT2D eigenvalue weighted by Crippen LogP contribution is 2.39. The zero-order valence-corrected chi connectivity index (χ0v) is 15.5. The van der Waals surface area contributed by atoms with E-state index >= 15 is 0 Å². The Kier molecular flexibility index (Phi) is 5.98. The van der Waals surface area contributed by atoms with Crippen LogP contribution in [0.3, 0.4) is 0 Å². The van der Waals surface area contributed by atoms with E-state index in [1.807, 2.05) is 12.1 Å². The van der Waals surface area contributed by atoms with E-state index in [4.69, 9.17) is 4.98 Å². The van der Waals surface area contributed by atoms with Crippen LogP contribution in [-0.4, -0.2) is 35.3 Å². The molecule has 4 nitrogen and oxygen atoms in total. The molecule has 5 heteroatoms. The van der Waals surface area contributed by atoms with Gasteiger partial charge in [0.2, 0.25) is 0 Å². The fraction of sp³-hybridized carbons (Fsp3) is 0.722. The highest BCUT2D eigenvalue weighted by Gasteiger charge is 2.36. The molecular formula is C18H31N3OS. The Morgan fingerprint density at radius 2 is 1.91 bits per heavy atom. The van der Waals surface area contributed by atoms with Gasteiger partial charge in [-0.05, 0) is 57.6 Å². The van der Waals surface area contributed by atoms with Crippen molar-refractivity contribution in [2.75, 3.05) is 24.5 Å². The minimum absolute atomic E-state index is 0. The number of aliphatic hydroxyl groups is 1. The molecule has 0 amide bonds. The van der Waals surface area contributed by atoms with Gasteiger partial charge in [-0.15, -0.1) is 0 Å². The molecule has 3 atom stereocenters. The number of rotatable bonds is 4. The Balaban J connectivity index is 0.00000192. The largest absolute Gasteiger partial charge is 0.385 e. The topological polar surface area (TPSA) is 48.4 Å². The second-order valence-corrected chi connectivity index (χ2v) is 7.92. The second-order valence-electron chi connectivity index (χ2n) is 7.92. The zero-order valence-electron chi connectivity index (χ0n) is 14.5.